The second kappa shape index (κ2) is 5.86. The molecule has 6 heteroatoms. The van der Waals surface area contributed by atoms with Crippen molar-refractivity contribution in [2.75, 3.05) is 20.3 Å². The van der Waals surface area contributed by atoms with Crippen LogP contribution in [0, 0.1) is 5.92 Å². The smallest absolute Gasteiger partial charge is 0.326 e. The molecule has 1 aliphatic heterocycles. The highest BCUT2D eigenvalue weighted by Gasteiger charge is 2.27. The monoisotopic (exact) mass is 244 g/mol. The zero-order valence-electron chi connectivity index (χ0n) is 10.5. The van der Waals surface area contributed by atoms with Crippen LogP contribution in [0.5, 0.6) is 0 Å². The Morgan fingerprint density at radius 1 is 1.47 bits per heavy atom. The molecule has 6 nitrogen and oxygen atoms in total. The molecule has 1 fully saturated rings. The number of rotatable bonds is 4. The highest BCUT2D eigenvalue weighted by molar-refractivity contribution is 5.82. The van der Waals surface area contributed by atoms with E-state index in [1.165, 1.54) is 18.9 Å². The first-order chi connectivity index (χ1) is 7.93. The number of nitrogens with zero attached hydrogens (tertiary/aromatic N) is 1. The minimum absolute atomic E-state index is 0.00607. The number of carboxylic acid groups (broad SMARTS) is 1. The largest absolute Gasteiger partial charge is 0.480 e. The van der Waals surface area contributed by atoms with Crippen LogP contribution in [0.15, 0.2) is 0 Å². The standard InChI is InChI=1S/C11H20N2O4/c1-7(9-4-5-17-6-9)12-11(16)13(3)8(2)10(14)15/h7-9H,4-6H2,1-3H3,(H,12,16)(H,14,15). The Morgan fingerprint density at radius 3 is 2.59 bits per heavy atom. The molecule has 0 saturated carbocycles. The first-order valence-corrected chi connectivity index (χ1v) is 5.77. The molecule has 2 amide bonds. The summed E-state index contributed by atoms with van der Waals surface area (Å²) in [5.74, 6) is -0.702. The molecule has 0 aromatic carbocycles. The fourth-order valence-corrected chi connectivity index (χ4v) is 1.70. The van der Waals surface area contributed by atoms with Crippen molar-refractivity contribution in [1.29, 1.82) is 0 Å². The molecule has 0 aromatic rings. The van der Waals surface area contributed by atoms with Crippen molar-refractivity contribution in [1.82, 2.24) is 10.2 Å². The number of carboxylic acids is 1. The summed E-state index contributed by atoms with van der Waals surface area (Å²) in [6.45, 7) is 4.77. The van der Waals surface area contributed by atoms with E-state index in [1.807, 2.05) is 6.92 Å². The zero-order valence-corrected chi connectivity index (χ0v) is 10.5. The number of carbonyl (C=O) groups is 2. The predicted octanol–water partition coefficient (Wildman–Crippen LogP) is 0.526. The number of nitrogens with one attached hydrogen (secondary N) is 1. The molecule has 17 heavy (non-hydrogen) atoms. The number of likely N-dealkylation sites (N-methyl/N-ethyl adjacent to an activating group) is 1. The number of ether oxygens (including phenoxy) is 1. The van der Waals surface area contributed by atoms with E-state index in [-0.39, 0.29) is 12.1 Å². The molecular formula is C11H20N2O4. The molecule has 0 bridgehead atoms. The summed E-state index contributed by atoms with van der Waals surface area (Å²) in [6.07, 6.45) is 0.930. The summed E-state index contributed by atoms with van der Waals surface area (Å²) in [7, 11) is 1.48. The summed E-state index contributed by atoms with van der Waals surface area (Å²) in [5.41, 5.74) is 0. The van der Waals surface area contributed by atoms with Crippen LogP contribution >= 0.6 is 0 Å². The number of amides is 2. The van der Waals surface area contributed by atoms with Crippen molar-refractivity contribution in [2.45, 2.75) is 32.4 Å². The van der Waals surface area contributed by atoms with E-state index in [9.17, 15) is 9.59 Å². The van der Waals surface area contributed by atoms with Crippen molar-refractivity contribution in [3.8, 4) is 0 Å². The molecule has 0 aliphatic carbocycles. The third kappa shape index (κ3) is 3.59. The molecule has 3 atom stereocenters. The predicted molar refractivity (Wildman–Crippen MR) is 61.8 cm³/mol. The van der Waals surface area contributed by atoms with Crippen LogP contribution in [0.25, 0.3) is 0 Å². The van der Waals surface area contributed by atoms with Gasteiger partial charge < -0.3 is 20.1 Å². The maximum Gasteiger partial charge on any atom is 0.326 e. The van der Waals surface area contributed by atoms with Gasteiger partial charge in [-0.2, -0.15) is 0 Å². The first-order valence-electron chi connectivity index (χ1n) is 5.77. The van der Waals surface area contributed by atoms with Crippen LogP contribution in [0.4, 0.5) is 4.79 Å². The van der Waals surface area contributed by atoms with E-state index in [1.54, 1.807) is 0 Å². The number of carbonyl (C=O) groups excluding carboxylic acids is 1. The minimum Gasteiger partial charge on any atom is -0.480 e. The van der Waals surface area contributed by atoms with Gasteiger partial charge in [-0.3, -0.25) is 0 Å². The Labute approximate surface area is 101 Å². The highest BCUT2D eigenvalue weighted by atomic mass is 16.5. The van der Waals surface area contributed by atoms with Gasteiger partial charge in [0, 0.05) is 25.6 Å². The van der Waals surface area contributed by atoms with E-state index in [0.717, 1.165) is 13.0 Å². The lowest BCUT2D eigenvalue weighted by Crippen LogP contribution is -2.49. The van der Waals surface area contributed by atoms with Crippen molar-refractivity contribution in [2.24, 2.45) is 5.92 Å². The van der Waals surface area contributed by atoms with E-state index in [0.29, 0.717) is 12.5 Å². The molecule has 3 unspecified atom stereocenters. The fourth-order valence-electron chi connectivity index (χ4n) is 1.70. The molecule has 0 aromatic heterocycles. The lowest BCUT2D eigenvalue weighted by atomic mass is 10.0. The number of urea groups is 1. The average Bonchev–Trinajstić information content (AvgIpc) is 2.80. The summed E-state index contributed by atoms with van der Waals surface area (Å²) < 4.78 is 5.25. The van der Waals surface area contributed by atoms with E-state index in [4.69, 9.17) is 9.84 Å². The van der Waals surface area contributed by atoms with Crippen LogP contribution in [-0.4, -0.2) is 54.4 Å². The highest BCUT2D eigenvalue weighted by Crippen LogP contribution is 2.16. The van der Waals surface area contributed by atoms with Crippen LogP contribution in [0.1, 0.15) is 20.3 Å². The summed E-state index contributed by atoms with van der Waals surface area (Å²) in [6, 6.07) is -1.20. The molecular weight excluding hydrogens is 224 g/mol. The van der Waals surface area contributed by atoms with E-state index >= 15 is 0 Å². The van der Waals surface area contributed by atoms with Crippen molar-refractivity contribution >= 4 is 12.0 Å². The Bertz CT molecular complexity index is 289. The average molecular weight is 244 g/mol. The fraction of sp³-hybridized carbons (Fsp3) is 0.818. The summed E-state index contributed by atoms with van der Waals surface area (Å²) in [5, 5.41) is 11.6. The molecule has 98 valence electrons. The van der Waals surface area contributed by atoms with E-state index in [2.05, 4.69) is 5.32 Å². The van der Waals surface area contributed by atoms with Gasteiger partial charge in [0.15, 0.2) is 0 Å². The van der Waals surface area contributed by atoms with E-state index < -0.39 is 12.0 Å². The number of hydrogen-bond donors (Lipinski definition) is 2. The Morgan fingerprint density at radius 2 is 2.12 bits per heavy atom. The minimum atomic E-state index is -1.01. The third-order valence-electron chi connectivity index (χ3n) is 3.28. The maximum absolute atomic E-state index is 11.8. The van der Waals surface area contributed by atoms with Gasteiger partial charge in [-0.05, 0) is 20.3 Å². The number of hydrogen-bond acceptors (Lipinski definition) is 3. The second-order valence-corrected chi connectivity index (χ2v) is 4.49. The van der Waals surface area contributed by atoms with Crippen molar-refractivity contribution in [3.63, 3.8) is 0 Å². The molecule has 1 aliphatic rings. The van der Waals surface area contributed by atoms with Crippen molar-refractivity contribution in [3.05, 3.63) is 0 Å². The molecule has 1 saturated heterocycles. The molecule has 0 spiro atoms. The lowest BCUT2D eigenvalue weighted by Gasteiger charge is -2.26. The SMILES string of the molecule is CC(NC(=O)N(C)C(C)C(=O)O)C1CCOC1. The van der Waals surface area contributed by atoms with Crippen LogP contribution < -0.4 is 5.32 Å². The molecule has 2 N–H and O–H groups in total. The molecule has 1 heterocycles. The maximum atomic E-state index is 11.8. The Balaban J connectivity index is 2.44. The molecule has 1 rings (SSSR count). The third-order valence-corrected chi connectivity index (χ3v) is 3.28. The van der Waals surface area contributed by atoms with Crippen LogP contribution in [-0.2, 0) is 9.53 Å². The summed E-state index contributed by atoms with van der Waals surface area (Å²) in [4.78, 5) is 23.7. The van der Waals surface area contributed by atoms with Gasteiger partial charge in [0.2, 0.25) is 0 Å². The Hall–Kier alpha value is -1.30. The second-order valence-electron chi connectivity index (χ2n) is 4.49. The van der Waals surface area contributed by atoms with Crippen LogP contribution in [0.2, 0.25) is 0 Å². The van der Waals surface area contributed by atoms with Crippen LogP contribution in [0.3, 0.4) is 0 Å². The lowest BCUT2D eigenvalue weighted by molar-refractivity contribution is -0.141. The van der Waals surface area contributed by atoms with Gasteiger partial charge in [-0.25, -0.2) is 9.59 Å². The Kier molecular flexibility index (Phi) is 4.74. The topological polar surface area (TPSA) is 78.9 Å². The van der Waals surface area contributed by atoms with Crippen molar-refractivity contribution < 1.29 is 19.4 Å². The van der Waals surface area contributed by atoms with Gasteiger partial charge in [-0.1, -0.05) is 0 Å². The molecule has 0 radical (unpaired) electrons. The van der Waals surface area contributed by atoms with Gasteiger partial charge in [-0.15, -0.1) is 0 Å². The van der Waals surface area contributed by atoms with Gasteiger partial charge in [0.25, 0.3) is 0 Å². The zero-order chi connectivity index (χ0) is 13.0. The summed E-state index contributed by atoms with van der Waals surface area (Å²) >= 11 is 0. The first kappa shape index (κ1) is 13.8. The van der Waals surface area contributed by atoms with Gasteiger partial charge in [0.1, 0.15) is 6.04 Å². The normalized spacial score (nSPS) is 22.9. The number of aliphatic carboxylic acids is 1. The quantitative estimate of drug-likeness (QED) is 0.756. The van der Waals surface area contributed by atoms with Gasteiger partial charge >= 0.3 is 12.0 Å². The van der Waals surface area contributed by atoms with Gasteiger partial charge in [0.05, 0.1) is 6.61 Å².